The average Bonchev–Trinajstić information content (AvgIpc) is 3.06. The van der Waals surface area contributed by atoms with Crippen LogP contribution < -0.4 is 10.5 Å². The molecule has 2 aliphatic heterocycles. The summed E-state index contributed by atoms with van der Waals surface area (Å²) in [6, 6.07) is 3.60. The van der Waals surface area contributed by atoms with Gasteiger partial charge in [0.05, 0.1) is 13.2 Å². The molecule has 0 aliphatic carbocycles. The number of aliphatic hydroxyl groups is 7. The number of hydrogen-bond acceptors (Lipinski definition) is 13. The third-order valence-electron chi connectivity index (χ3n) is 5.54. The molecule has 0 amide bonds. The highest BCUT2D eigenvalue weighted by atomic mass is 16.8. The van der Waals surface area contributed by atoms with Gasteiger partial charge in [-0.05, 0) is 18.2 Å². The molecule has 10 N–H and O–H groups in total. The number of aromatic carboxylic acids is 1. The Labute approximate surface area is 186 Å². The summed E-state index contributed by atoms with van der Waals surface area (Å²) in [5, 5.41) is 79.3. The first kappa shape index (κ1) is 25.5. The highest BCUT2D eigenvalue weighted by molar-refractivity contribution is 5.92. The van der Waals surface area contributed by atoms with Crippen molar-refractivity contribution in [2.45, 2.75) is 54.8 Å². The average molecular weight is 477 g/mol. The minimum atomic E-state index is -2.30. The fraction of sp³-hybridized carbons (Fsp3) is 0.632. The standard InChI is InChI=1S/C19H27NO13/c20-7-1-2-9(8(3-7)17(28)29)32-19(6-23)16(27)15(11(5-22)33-19)31-18-14(26)13(25)12(24)10(4-21)30-18/h1-3,10-16,18,21-27H,4-6,20H2,(H,28,29)/t10?,11-,12+,13-,14?,15?,16-,18+,19?/m1/s1. The smallest absolute Gasteiger partial charge is 0.339 e. The molecule has 14 heteroatoms. The van der Waals surface area contributed by atoms with Crippen LogP contribution in [0.3, 0.4) is 0 Å². The largest absolute Gasteiger partial charge is 0.478 e. The van der Waals surface area contributed by atoms with Crippen molar-refractivity contribution in [2.75, 3.05) is 25.6 Å². The molecule has 2 fully saturated rings. The van der Waals surface area contributed by atoms with E-state index in [0.717, 1.165) is 6.07 Å². The number of carbonyl (C=O) groups is 1. The molecule has 2 heterocycles. The minimum absolute atomic E-state index is 0.114. The van der Waals surface area contributed by atoms with Gasteiger partial charge < -0.3 is 65.5 Å². The normalized spacial score (nSPS) is 38.9. The van der Waals surface area contributed by atoms with E-state index in [2.05, 4.69) is 0 Å². The lowest BCUT2D eigenvalue weighted by atomic mass is 9.99. The Bertz CT molecular complexity index is 838. The van der Waals surface area contributed by atoms with Gasteiger partial charge in [-0.15, -0.1) is 0 Å². The maximum absolute atomic E-state index is 11.5. The van der Waals surface area contributed by atoms with Crippen molar-refractivity contribution in [3.63, 3.8) is 0 Å². The van der Waals surface area contributed by atoms with Crippen LogP contribution in [-0.2, 0) is 14.2 Å². The number of nitrogen functional groups attached to an aromatic ring is 1. The molecule has 2 saturated heterocycles. The van der Waals surface area contributed by atoms with Crippen LogP contribution in [0.15, 0.2) is 18.2 Å². The van der Waals surface area contributed by atoms with Gasteiger partial charge in [-0.25, -0.2) is 4.79 Å². The van der Waals surface area contributed by atoms with Crippen LogP contribution in [0.4, 0.5) is 5.69 Å². The Balaban J connectivity index is 1.87. The number of carboxylic acid groups (broad SMARTS) is 1. The van der Waals surface area contributed by atoms with Crippen molar-refractivity contribution in [1.29, 1.82) is 0 Å². The molecule has 0 saturated carbocycles. The minimum Gasteiger partial charge on any atom is -0.478 e. The van der Waals surface area contributed by atoms with Crippen molar-refractivity contribution >= 4 is 11.7 Å². The van der Waals surface area contributed by atoms with Gasteiger partial charge in [-0.3, -0.25) is 0 Å². The second kappa shape index (κ2) is 10.0. The maximum Gasteiger partial charge on any atom is 0.339 e. The Morgan fingerprint density at radius 2 is 1.70 bits per heavy atom. The van der Waals surface area contributed by atoms with E-state index < -0.39 is 86.2 Å². The molecule has 0 bridgehead atoms. The number of aliphatic hydroxyl groups excluding tert-OH is 7. The SMILES string of the molecule is Nc1ccc(OC2(CO)O[C@H](CO)C(O[C@@H]3OC(CO)[C@H](O)[C@@H](O)C3O)[C@H]2O)c(C(=O)O)c1. The molecular weight excluding hydrogens is 450 g/mol. The Kier molecular flexibility index (Phi) is 7.75. The van der Waals surface area contributed by atoms with Crippen LogP contribution in [0.1, 0.15) is 10.4 Å². The van der Waals surface area contributed by atoms with Gasteiger partial charge in [-0.1, -0.05) is 0 Å². The van der Waals surface area contributed by atoms with E-state index in [0.29, 0.717) is 0 Å². The molecule has 0 spiro atoms. The van der Waals surface area contributed by atoms with Crippen molar-refractivity contribution in [3.05, 3.63) is 23.8 Å². The van der Waals surface area contributed by atoms with Gasteiger partial charge in [0, 0.05) is 5.69 Å². The molecule has 186 valence electrons. The monoisotopic (exact) mass is 477 g/mol. The Morgan fingerprint density at radius 1 is 1.03 bits per heavy atom. The summed E-state index contributed by atoms with van der Waals surface area (Å²) in [4.78, 5) is 11.5. The summed E-state index contributed by atoms with van der Waals surface area (Å²) in [7, 11) is 0. The van der Waals surface area contributed by atoms with Gasteiger partial charge >= 0.3 is 5.97 Å². The second-order valence-electron chi connectivity index (χ2n) is 7.71. The summed E-state index contributed by atoms with van der Waals surface area (Å²) in [5.74, 6) is -4.02. The summed E-state index contributed by atoms with van der Waals surface area (Å²) in [5.41, 5.74) is 5.32. The lowest BCUT2D eigenvalue weighted by Crippen LogP contribution is -2.61. The predicted molar refractivity (Wildman–Crippen MR) is 105 cm³/mol. The van der Waals surface area contributed by atoms with Crippen LogP contribution in [0.5, 0.6) is 5.75 Å². The molecule has 4 unspecified atom stereocenters. The van der Waals surface area contributed by atoms with E-state index in [1.54, 1.807) is 0 Å². The van der Waals surface area contributed by atoms with Crippen LogP contribution in [-0.4, -0.2) is 121 Å². The molecule has 2 aliphatic rings. The number of ether oxygens (including phenoxy) is 4. The lowest BCUT2D eigenvalue weighted by Gasteiger charge is -2.41. The third-order valence-corrected chi connectivity index (χ3v) is 5.54. The molecule has 14 nitrogen and oxygen atoms in total. The van der Waals surface area contributed by atoms with Crippen molar-refractivity contribution in [2.24, 2.45) is 0 Å². The maximum atomic E-state index is 11.5. The van der Waals surface area contributed by atoms with Gasteiger partial charge in [0.25, 0.3) is 5.79 Å². The molecule has 9 atom stereocenters. The lowest BCUT2D eigenvalue weighted by molar-refractivity contribution is -0.318. The zero-order valence-corrected chi connectivity index (χ0v) is 17.2. The van der Waals surface area contributed by atoms with Gasteiger partial charge in [-0.2, -0.15) is 0 Å². The molecule has 0 aromatic heterocycles. The number of carboxylic acids is 1. The molecule has 0 radical (unpaired) electrons. The van der Waals surface area contributed by atoms with Crippen LogP contribution >= 0.6 is 0 Å². The topological polar surface area (TPSA) is 242 Å². The van der Waals surface area contributed by atoms with Gasteiger partial charge in [0.2, 0.25) is 0 Å². The zero-order chi connectivity index (χ0) is 24.5. The first-order chi connectivity index (χ1) is 15.6. The number of nitrogens with two attached hydrogens (primary N) is 1. The molecule has 3 rings (SSSR count). The van der Waals surface area contributed by atoms with Crippen molar-refractivity contribution in [3.8, 4) is 5.75 Å². The molecule has 1 aromatic rings. The summed E-state index contributed by atoms with van der Waals surface area (Å²) in [6.45, 7) is -2.50. The van der Waals surface area contributed by atoms with E-state index >= 15 is 0 Å². The highest BCUT2D eigenvalue weighted by Crippen LogP contribution is 2.38. The predicted octanol–water partition coefficient (Wildman–Crippen LogP) is -4.03. The van der Waals surface area contributed by atoms with E-state index in [9.17, 15) is 45.6 Å². The summed E-state index contributed by atoms with van der Waals surface area (Å²) in [6.07, 6.45) is -13.0. The molecule has 33 heavy (non-hydrogen) atoms. The first-order valence-electron chi connectivity index (χ1n) is 9.94. The number of anilines is 1. The van der Waals surface area contributed by atoms with Crippen LogP contribution in [0, 0.1) is 0 Å². The van der Waals surface area contributed by atoms with Crippen molar-refractivity contribution < 1.29 is 64.6 Å². The molecular formula is C19H27NO13. The fourth-order valence-corrected chi connectivity index (χ4v) is 3.72. The van der Waals surface area contributed by atoms with E-state index in [1.165, 1.54) is 12.1 Å². The van der Waals surface area contributed by atoms with E-state index in [-0.39, 0.29) is 11.4 Å². The zero-order valence-electron chi connectivity index (χ0n) is 17.2. The van der Waals surface area contributed by atoms with Gasteiger partial charge in [0.15, 0.2) is 12.4 Å². The van der Waals surface area contributed by atoms with E-state index in [1.807, 2.05) is 0 Å². The van der Waals surface area contributed by atoms with Crippen molar-refractivity contribution in [1.82, 2.24) is 0 Å². The van der Waals surface area contributed by atoms with Crippen LogP contribution in [0.25, 0.3) is 0 Å². The number of hydrogen-bond donors (Lipinski definition) is 9. The Hall–Kier alpha value is -2.11. The van der Waals surface area contributed by atoms with Crippen LogP contribution in [0.2, 0.25) is 0 Å². The second-order valence-corrected chi connectivity index (χ2v) is 7.71. The van der Waals surface area contributed by atoms with Gasteiger partial charge in [0.1, 0.15) is 54.5 Å². The third kappa shape index (κ3) is 4.76. The number of rotatable bonds is 8. The quantitative estimate of drug-likeness (QED) is 0.162. The Morgan fingerprint density at radius 3 is 2.27 bits per heavy atom. The highest BCUT2D eigenvalue weighted by Gasteiger charge is 2.59. The van der Waals surface area contributed by atoms with E-state index in [4.69, 9.17) is 24.7 Å². The molecule has 1 aromatic carbocycles. The summed E-state index contributed by atoms with van der Waals surface area (Å²) >= 11 is 0. The first-order valence-corrected chi connectivity index (χ1v) is 9.94. The summed E-state index contributed by atoms with van der Waals surface area (Å²) < 4.78 is 21.8. The fourth-order valence-electron chi connectivity index (χ4n) is 3.72. The number of benzene rings is 1.